The third kappa shape index (κ3) is 3.72. The highest BCUT2D eigenvalue weighted by atomic mass is 16.5. The maximum absolute atomic E-state index is 14.5. The van der Waals surface area contributed by atoms with Gasteiger partial charge in [0.25, 0.3) is 0 Å². The first kappa shape index (κ1) is 29.2. The molecule has 6 nitrogen and oxygen atoms in total. The molecule has 1 N–H and O–H groups in total. The Hall–Kier alpha value is -2.26. The van der Waals surface area contributed by atoms with Gasteiger partial charge >= 0.3 is 0 Å². The molecule has 6 heteroatoms. The van der Waals surface area contributed by atoms with Crippen molar-refractivity contribution in [2.24, 2.45) is 50.2 Å². The van der Waals surface area contributed by atoms with Gasteiger partial charge in [-0.1, -0.05) is 60.1 Å². The summed E-state index contributed by atoms with van der Waals surface area (Å²) >= 11 is 0. The Morgan fingerprint density at radius 3 is 2.38 bits per heavy atom. The lowest BCUT2D eigenvalue weighted by atomic mass is 9.34. The molecule has 0 aromatic carbocycles. The van der Waals surface area contributed by atoms with Crippen molar-refractivity contribution >= 4 is 17.5 Å². The Morgan fingerprint density at radius 2 is 1.73 bits per heavy atom. The fraction of sp³-hybridized carbons (Fsp3) is 0.765. The Morgan fingerprint density at radius 1 is 1.05 bits per heavy atom. The molecule has 1 amide bonds. The standard InChI is InChI=1S/C34H48N2O4/c1-29(2)24-9-10-33(6)25(32(24,5)18-21(20-35)27(29)38)17-23(37)26-22-19-31(4,28(39)36-15-16-40-8)12-11-30(22,3)13-14-34(26,33)7/h17-18,22,24,26H,9-16,19H2,1-8H3,(H,36,39). The first-order chi connectivity index (χ1) is 18.5. The maximum atomic E-state index is 14.5. The van der Waals surface area contributed by atoms with Gasteiger partial charge in [0, 0.05) is 35.8 Å². The first-order valence-corrected chi connectivity index (χ1v) is 15.3. The Bertz CT molecular complexity index is 1260. The fourth-order valence-corrected chi connectivity index (χ4v) is 10.4. The smallest absolute Gasteiger partial charge is 0.226 e. The van der Waals surface area contributed by atoms with Crippen molar-refractivity contribution in [3.8, 4) is 6.07 Å². The number of amides is 1. The minimum Gasteiger partial charge on any atom is -0.383 e. The number of nitrogens with one attached hydrogen (secondary N) is 1. The summed E-state index contributed by atoms with van der Waals surface area (Å²) in [6, 6.07) is 2.19. The molecule has 218 valence electrons. The van der Waals surface area contributed by atoms with E-state index < -0.39 is 16.2 Å². The van der Waals surface area contributed by atoms with Crippen LogP contribution in [0.4, 0.5) is 0 Å². The van der Waals surface area contributed by atoms with Crippen LogP contribution in [0.1, 0.15) is 93.4 Å². The fourth-order valence-electron chi connectivity index (χ4n) is 10.4. The molecule has 8 atom stereocenters. The SMILES string of the molecule is COCCNC(=O)C1(C)CCC2(C)CCC3(C)C(C(=O)C=C4C5(C)C=C(C#N)C(=O)C(C)(C)C5CCC43C)C2C1. The summed E-state index contributed by atoms with van der Waals surface area (Å²) in [6.07, 6.45) is 10.2. The van der Waals surface area contributed by atoms with Crippen LogP contribution >= 0.6 is 0 Å². The third-order valence-electron chi connectivity index (χ3n) is 13.2. The van der Waals surface area contributed by atoms with Gasteiger partial charge in [0.05, 0.1) is 12.2 Å². The minimum absolute atomic E-state index is 0.0299. The summed E-state index contributed by atoms with van der Waals surface area (Å²) in [5.41, 5.74) is -0.818. The van der Waals surface area contributed by atoms with Gasteiger partial charge in [0.2, 0.25) is 5.91 Å². The summed E-state index contributed by atoms with van der Waals surface area (Å²) < 4.78 is 5.15. The van der Waals surface area contributed by atoms with E-state index in [0.717, 1.165) is 44.1 Å². The van der Waals surface area contributed by atoms with E-state index in [4.69, 9.17) is 4.74 Å². The minimum atomic E-state index is -0.663. The number of hydrogen-bond donors (Lipinski definition) is 1. The van der Waals surface area contributed by atoms with Gasteiger partial charge in [0.15, 0.2) is 11.6 Å². The molecule has 0 radical (unpaired) electrons. The van der Waals surface area contributed by atoms with Crippen molar-refractivity contribution in [3.05, 3.63) is 23.3 Å². The second-order valence-electron chi connectivity index (χ2n) is 15.6. The Balaban J connectivity index is 1.59. The molecule has 0 heterocycles. The van der Waals surface area contributed by atoms with E-state index in [-0.39, 0.29) is 57.0 Å². The van der Waals surface area contributed by atoms with Crippen LogP contribution in [0.15, 0.2) is 23.3 Å². The second-order valence-corrected chi connectivity index (χ2v) is 15.6. The van der Waals surface area contributed by atoms with Crippen molar-refractivity contribution in [1.29, 1.82) is 5.26 Å². The Labute approximate surface area is 240 Å². The quantitative estimate of drug-likeness (QED) is 0.437. The predicted molar refractivity (Wildman–Crippen MR) is 154 cm³/mol. The van der Waals surface area contributed by atoms with E-state index >= 15 is 0 Å². The molecular weight excluding hydrogens is 500 g/mol. The number of carbonyl (C=O) groups excluding carboxylic acids is 3. The van der Waals surface area contributed by atoms with Crippen molar-refractivity contribution < 1.29 is 19.1 Å². The highest BCUT2D eigenvalue weighted by molar-refractivity contribution is 6.04. The highest BCUT2D eigenvalue weighted by Gasteiger charge is 2.69. The first-order valence-electron chi connectivity index (χ1n) is 15.3. The van der Waals surface area contributed by atoms with Crippen LogP contribution in [-0.4, -0.2) is 37.7 Å². The lowest BCUT2D eigenvalue weighted by Gasteiger charge is -2.69. The van der Waals surface area contributed by atoms with Gasteiger partial charge in [-0.2, -0.15) is 5.26 Å². The van der Waals surface area contributed by atoms with Gasteiger partial charge < -0.3 is 10.1 Å². The number of methoxy groups -OCH3 is 1. The third-order valence-corrected chi connectivity index (χ3v) is 13.2. The Kier molecular flexibility index (Phi) is 6.67. The van der Waals surface area contributed by atoms with Crippen molar-refractivity contribution in [3.63, 3.8) is 0 Å². The van der Waals surface area contributed by atoms with E-state index in [2.05, 4.69) is 46.0 Å². The highest BCUT2D eigenvalue weighted by Crippen LogP contribution is 2.74. The van der Waals surface area contributed by atoms with E-state index in [1.807, 2.05) is 26.0 Å². The van der Waals surface area contributed by atoms with Crippen LogP contribution in [-0.2, 0) is 19.1 Å². The second kappa shape index (κ2) is 9.12. The lowest BCUT2D eigenvalue weighted by molar-refractivity contribution is -0.172. The van der Waals surface area contributed by atoms with E-state index in [9.17, 15) is 19.6 Å². The number of allylic oxidation sites excluding steroid dienone is 4. The average Bonchev–Trinajstić information content (AvgIpc) is 2.89. The average molecular weight is 549 g/mol. The predicted octanol–water partition coefficient (Wildman–Crippen LogP) is 5.97. The summed E-state index contributed by atoms with van der Waals surface area (Å²) in [5, 5.41) is 13.0. The number of ketones is 2. The van der Waals surface area contributed by atoms with Gasteiger partial charge in [-0.3, -0.25) is 14.4 Å². The number of carbonyl (C=O) groups is 3. The molecule has 40 heavy (non-hydrogen) atoms. The van der Waals surface area contributed by atoms with E-state index in [1.165, 1.54) is 0 Å². The molecule has 0 aromatic heterocycles. The topological polar surface area (TPSA) is 96.3 Å². The summed E-state index contributed by atoms with van der Waals surface area (Å²) in [7, 11) is 1.64. The van der Waals surface area contributed by atoms with Crippen LogP contribution in [0.2, 0.25) is 0 Å². The molecular formula is C34H48N2O4. The number of ether oxygens (including phenoxy) is 1. The normalized spacial score (nSPS) is 45.5. The van der Waals surface area contributed by atoms with E-state index in [1.54, 1.807) is 7.11 Å². The van der Waals surface area contributed by atoms with Crippen LogP contribution in [0.3, 0.4) is 0 Å². The molecule has 0 aromatic rings. The number of hydrogen-bond acceptors (Lipinski definition) is 5. The molecule has 5 aliphatic rings. The maximum Gasteiger partial charge on any atom is 0.226 e. The van der Waals surface area contributed by atoms with Gasteiger partial charge in [-0.15, -0.1) is 0 Å². The molecule has 5 aliphatic carbocycles. The molecule has 0 spiro atoms. The number of Topliss-reactive ketones (excluding diaryl/α,β-unsaturated/α-hetero) is 1. The molecule has 5 rings (SSSR count). The number of rotatable bonds is 4. The van der Waals surface area contributed by atoms with Crippen LogP contribution in [0.25, 0.3) is 0 Å². The summed E-state index contributed by atoms with van der Waals surface area (Å²) in [6.45, 7) is 16.2. The molecule has 0 saturated heterocycles. The van der Waals surface area contributed by atoms with Crippen LogP contribution < -0.4 is 5.32 Å². The molecule has 0 aliphatic heterocycles. The van der Waals surface area contributed by atoms with Crippen LogP contribution in [0.5, 0.6) is 0 Å². The zero-order valence-corrected chi connectivity index (χ0v) is 25.8. The number of nitriles is 1. The molecule has 8 unspecified atom stereocenters. The van der Waals surface area contributed by atoms with Gasteiger partial charge in [-0.25, -0.2) is 0 Å². The van der Waals surface area contributed by atoms with Crippen molar-refractivity contribution in [2.75, 3.05) is 20.3 Å². The van der Waals surface area contributed by atoms with Gasteiger partial charge in [-0.05, 0) is 79.1 Å². The summed E-state index contributed by atoms with van der Waals surface area (Å²) in [5.74, 6) is 0.190. The molecule has 3 fully saturated rings. The van der Waals surface area contributed by atoms with Crippen molar-refractivity contribution in [1.82, 2.24) is 5.32 Å². The zero-order valence-electron chi connectivity index (χ0n) is 25.8. The molecule has 3 saturated carbocycles. The largest absolute Gasteiger partial charge is 0.383 e. The monoisotopic (exact) mass is 548 g/mol. The lowest BCUT2D eigenvalue weighted by Crippen LogP contribution is -2.65. The molecule has 0 bridgehead atoms. The number of fused-ring (bicyclic) bond motifs is 7. The summed E-state index contributed by atoms with van der Waals surface area (Å²) in [4.78, 5) is 41.1. The van der Waals surface area contributed by atoms with Gasteiger partial charge in [0.1, 0.15) is 6.07 Å². The zero-order chi connectivity index (χ0) is 29.5. The van der Waals surface area contributed by atoms with Crippen LogP contribution in [0, 0.1) is 61.6 Å². The van der Waals surface area contributed by atoms with Crippen molar-refractivity contribution in [2.45, 2.75) is 93.4 Å². The van der Waals surface area contributed by atoms with E-state index in [0.29, 0.717) is 19.6 Å². The number of nitrogens with zero attached hydrogens (tertiary/aromatic N) is 1.